The van der Waals surface area contributed by atoms with Crippen LogP contribution in [-0.4, -0.2) is 39.9 Å². The van der Waals surface area contributed by atoms with Gasteiger partial charge in [-0.3, -0.25) is 4.40 Å². The van der Waals surface area contributed by atoms with E-state index in [1.54, 1.807) is 11.3 Å². The van der Waals surface area contributed by atoms with Crippen LogP contribution in [0.5, 0.6) is 0 Å². The Balaban J connectivity index is 1.64. The van der Waals surface area contributed by atoms with Gasteiger partial charge in [-0.2, -0.15) is 0 Å². The molecule has 0 radical (unpaired) electrons. The van der Waals surface area contributed by atoms with E-state index in [1.165, 1.54) is 12.8 Å². The van der Waals surface area contributed by atoms with Crippen LogP contribution >= 0.6 is 11.3 Å². The Morgan fingerprint density at radius 2 is 2.39 bits per heavy atom. The number of likely N-dealkylation sites (tertiary alicyclic amines) is 1. The Kier molecular flexibility index (Phi) is 5.20. The predicted molar refractivity (Wildman–Crippen MR) is 97.0 cm³/mol. The second-order valence-electron chi connectivity index (χ2n) is 6.73. The van der Waals surface area contributed by atoms with Crippen LogP contribution in [0.25, 0.3) is 4.96 Å². The van der Waals surface area contributed by atoms with Gasteiger partial charge in [0.2, 0.25) is 0 Å². The summed E-state index contributed by atoms with van der Waals surface area (Å²) in [5.41, 5.74) is 1.03. The smallest absolute Gasteiger partial charge is 0.194 e. The van der Waals surface area contributed by atoms with Gasteiger partial charge in [-0.05, 0) is 31.6 Å². The Labute approximate surface area is 142 Å². The first kappa shape index (κ1) is 16.3. The Hall–Kier alpha value is -1.56. The molecule has 1 aliphatic heterocycles. The van der Waals surface area contributed by atoms with E-state index in [2.05, 4.69) is 51.9 Å². The SMILES string of the molecule is CCNC(=NCc1cn2ccsc2n1)N1CCC(CC(C)C)C1. The van der Waals surface area contributed by atoms with Gasteiger partial charge in [-0.1, -0.05) is 13.8 Å². The molecule has 2 aromatic heterocycles. The number of nitrogens with zero attached hydrogens (tertiary/aromatic N) is 4. The summed E-state index contributed by atoms with van der Waals surface area (Å²) in [4.78, 5) is 12.9. The number of rotatable bonds is 5. The highest BCUT2D eigenvalue weighted by Crippen LogP contribution is 2.23. The third-order valence-electron chi connectivity index (χ3n) is 4.26. The van der Waals surface area contributed by atoms with Gasteiger partial charge >= 0.3 is 0 Å². The van der Waals surface area contributed by atoms with Gasteiger partial charge < -0.3 is 10.2 Å². The molecule has 3 rings (SSSR count). The Bertz CT molecular complexity index is 628. The maximum Gasteiger partial charge on any atom is 0.194 e. The van der Waals surface area contributed by atoms with Crippen molar-refractivity contribution < 1.29 is 0 Å². The molecule has 0 aromatic carbocycles. The molecule has 23 heavy (non-hydrogen) atoms. The van der Waals surface area contributed by atoms with Gasteiger partial charge in [0.15, 0.2) is 10.9 Å². The summed E-state index contributed by atoms with van der Waals surface area (Å²) in [6.07, 6.45) is 6.71. The minimum atomic E-state index is 0.641. The molecule has 5 nitrogen and oxygen atoms in total. The topological polar surface area (TPSA) is 44.9 Å². The second-order valence-corrected chi connectivity index (χ2v) is 7.60. The minimum absolute atomic E-state index is 0.641. The van der Waals surface area contributed by atoms with Crippen LogP contribution < -0.4 is 5.32 Å². The molecule has 2 aromatic rings. The Morgan fingerprint density at radius 1 is 1.52 bits per heavy atom. The first-order chi connectivity index (χ1) is 11.2. The molecule has 126 valence electrons. The van der Waals surface area contributed by atoms with Crippen LogP contribution in [0.15, 0.2) is 22.8 Å². The Morgan fingerprint density at radius 3 is 3.13 bits per heavy atom. The fourth-order valence-electron chi connectivity index (χ4n) is 3.32. The van der Waals surface area contributed by atoms with E-state index in [1.807, 2.05) is 6.20 Å². The summed E-state index contributed by atoms with van der Waals surface area (Å²) >= 11 is 1.66. The number of aromatic nitrogens is 2. The number of nitrogens with one attached hydrogen (secondary N) is 1. The normalized spacial score (nSPS) is 19.2. The quantitative estimate of drug-likeness (QED) is 0.675. The number of guanidine groups is 1. The van der Waals surface area contributed by atoms with Crippen LogP contribution in [0, 0.1) is 11.8 Å². The molecule has 1 saturated heterocycles. The molecule has 0 bridgehead atoms. The molecule has 1 aliphatic rings. The van der Waals surface area contributed by atoms with Crippen molar-refractivity contribution in [2.75, 3.05) is 19.6 Å². The predicted octanol–water partition coefficient (Wildman–Crippen LogP) is 3.23. The molecule has 3 heterocycles. The number of hydrogen-bond acceptors (Lipinski definition) is 3. The molecule has 1 unspecified atom stereocenters. The van der Waals surface area contributed by atoms with Gasteiger partial charge in [-0.15, -0.1) is 11.3 Å². The van der Waals surface area contributed by atoms with Crippen molar-refractivity contribution in [2.45, 2.75) is 40.2 Å². The summed E-state index contributed by atoms with van der Waals surface area (Å²) in [7, 11) is 0. The van der Waals surface area contributed by atoms with Crippen molar-refractivity contribution in [1.29, 1.82) is 0 Å². The van der Waals surface area contributed by atoms with E-state index >= 15 is 0 Å². The molecule has 0 spiro atoms. The average molecular weight is 334 g/mol. The number of thiazole rings is 1. The van der Waals surface area contributed by atoms with E-state index in [0.29, 0.717) is 6.54 Å². The number of fused-ring (bicyclic) bond motifs is 1. The lowest BCUT2D eigenvalue weighted by Gasteiger charge is -2.22. The summed E-state index contributed by atoms with van der Waals surface area (Å²) in [5.74, 6) is 2.62. The molecule has 0 aliphatic carbocycles. The van der Waals surface area contributed by atoms with Crippen LogP contribution in [-0.2, 0) is 6.54 Å². The lowest BCUT2D eigenvalue weighted by Crippen LogP contribution is -2.40. The van der Waals surface area contributed by atoms with Gasteiger partial charge in [0, 0.05) is 37.4 Å². The lowest BCUT2D eigenvalue weighted by atomic mass is 9.97. The van der Waals surface area contributed by atoms with Gasteiger partial charge in [0.05, 0.1) is 12.2 Å². The molecule has 6 heteroatoms. The van der Waals surface area contributed by atoms with E-state index in [4.69, 9.17) is 4.99 Å². The number of hydrogen-bond donors (Lipinski definition) is 1. The highest BCUT2D eigenvalue weighted by atomic mass is 32.1. The fraction of sp³-hybridized carbons (Fsp3) is 0.647. The molecular weight excluding hydrogens is 306 g/mol. The first-order valence-corrected chi connectivity index (χ1v) is 9.48. The summed E-state index contributed by atoms with van der Waals surface area (Å²) in [6, 6.07) is 0. The molecular formula is C17H27N5S. The number of imidazole rings is 1. The zero-order valence-electron chi connectivity index (χ0n) is 14.3. The third kappa shape index (κ3) is 4.05. The van der Waals surface area contributed by atoms with E-state index < -0.39 is 0 Å². The van der Waals surface area contributed by atoms with Crippen molar-refractivity contribution in [2.24, 2.45) is 16.8 Å². The van der Waals surface area contributed by atoms with Gasteiger partial charge in [0.25, 0.3) is 0 Å². The van der Waals surface area contributed by atoms with Crippen LogP contribution in [0.2, 0.25) is 0 Å². The number of aliphatic imine (C=N–C) groups is 1. The van der Waals surface area contributed by atoms with E-state index in [0.717, 1.165) is 48.1 Å². The van der Waals surface area contributed by atoms with E-state index in [9.17, 15) is 0 Å². The largest absolute Gasteiger partial charge is 0.357 e. The molecule has 0 saturated carbocycles. The van der Waals surface area contributed by atoms with Gasteiger partial charge in [-0.25, -0.2) is 9.98 Å². The summed E-state index contributed by atoms with van der Waals surface area (Å²) < 4.78 is 2.07. The maximum absolute atomic E-state index is 4.81. The summed E-state index contributed by atoms with van der Waals surface area (Å²) in [6.45, 7) is 10.5. The van der Waals surface area contributed by atoms with Crippen LogP contribution in [0.4, 0.5) is 0 Å². The third-order valence-corrected chi connectivity index (χ3v) is 5.03. The van der Waals surface area contributed by atoms with Crippen LogP contribution in [0.1, 0.15) is 39.3 Å². The maximum atomic E-state index is 4.81. The van der Waals surface area contributed by atoms with Crippen molar-refractivity contribution in [3.05, 3.63) is 23.5 Å². The summed E-state index contributed by atoms with van der Waals surface area (Å²) in [5, 5.41) is 5.49. The highest BCUT2D eigenvalue weighted by Gasteiger charge is 2.25. The lowest BCUT2D eigenvalue weighted by molar-refractivity contribution is 0.403. The standard InChI is InChI=1S/C17H27N5S/c1-4-18-16(21-6-5-14(11-21)9-13(2)3)19-10-15-12-22-7-8-23-17(22)20-15/h7-8,12-14H,4-6,9-11H2,1-3H3,(H,18,19). The zero-order chi connectivity index (χ0) is 16.2. The van der Waals surface area contributed by atoms with Crippen molar-refractivity contribution in [3.8, 4) is 0 Å². The minimum Gasteiger partial charge on any atom is -0.357 e. The first-order valence-electron chi connectivity index (χ1n) is 8.60. The second kappa shape index (κ2) is 7.34. The molecule has 1 fully saturated rings. The van der Waals surface area contributed by atoms with Crippen molar-refractivity contribution in [3.63, 3.8) is 0 Å². The van der Waals surface area contributed by atoms with E-state index in [-0.39, 0.29) is 0 Å². The molecule has 1 atom stereocenters. The zero-order valence-corrected chi connectivity index (χ0v) is 15.1. The average Bonchev–Trinajstić information content (AvgIpc) is 3.18. The molecule has 0 amide bonds. The van der Waals surface area contributed by atoms with Crippen LogP contribution in [0.3, 0.4) is 0 Å². The van der Waals surface area contributed by atoms with Gasteiger partial charge in [0.1, 0.15) is 0 Å². The monoisotopic (exact) mass is 333 g/mol. The highest BCUT2D eigenvalue weighted by molar-refractivity contribution is 7.15. The molecule has 1 N–H and O–H groups in total. The van der Waals surface area contributed by atoms with Crippen molar-refractivity contribution in [1.82, 2.24) is 19.6 Å². The fourth-order valence-corrected chi connectivity index (χ4v) is 4.04. The van der Waals surface area contributed by atoms with Crippen molar-refractivity contribution >= 4 is 22.3 Å².